The minimum atomic E-state index is -0.216. The lowest BCUT2D eigenvalue weighted by molar-refractivity contribution is 0.0955. The Morgan fingerprint density at radius 2 is 2.17 bits per heavy atom. The molecule has 0 unspecified atom stereocenters. The van der Waals surface area contributed by atoms with Crippen molar-refractivity contribution in [3.05, 3.63) is 56.7 Å². The first-order valence-electron chi connectivity index (χ1n) is 5.31. The molecule has 92 valence electrons. The van der Waals surface area contributed by atoms with Gasteiger partial charge in [-0.2, -0.15) is 5.10 Å². The number of benzene rings is 1. The van der Waals surface area contributed by atoms with Gasteiger partial charge in [0.25, 0.3) is 5.91 Å². The van der Waals surface area contributed by atoms with Crippen molar-refractivity contribution in [1.82, 2.24) is 5.43 Å². The normalized spacial score (nSPS) is 11.3. The van der Waals surface area contributed by atoms with Crippen LogP contribution in [0.2, 0.25) is 0 Å². The third kappa shape index (κ3) is 3.27. The number of thiophene rings is 1. The third-order valence-electron chi connectivity index (χ3n) is 2.29. The summed E-state index contributed by atoms with van der Waals surface area (Å²) in [5.74, 6) is -0.216. The molecule has 0 aliphatic carbocycles. The Hall–Kier alpha value is -1.46. The van der Waals surface area contributed by atoms with E-state index < -0.39 is 0 Å². The molecule has 2 aromatic rings. The Kier molecular flexibility index (Phi) is 4.28. The highest BCUT2D eigenvalue weighted by atomic mass is 79.9. The van der Waals surface area contributed by atoms with Gasteiger partial charge in [-0.15, -0.1) is 11.3 Å². The van der Waals surface area contributed by atoms with Crippen LogP contribution in [0.1, 0.15) is 22.2 Å². The number of carbonyl (C=O) groups excluding carboxylic acids is 1. The molecule has 1 N–H and O–H groups in total. The molecule has 1 amide bonds. The van der Waals surface area contributed by atoms with Gasteiger partial charge in [0, 0.05) is 14.9 Å². The second kappa shape index (κ2) is 5.93. The topological polar surface area (TPSA) is 41.5 Å². The number of hydrogen-bond acceptors (Lipinski definition) is 3. The van der Waals surface area contributed by atoms with E-state index in [4.69, 9.17) is 0 Å². The lowest BCUT2D eigenvalue weighted by atomic mass is 10.2. The van der Waals surface area contributed by atoms with Gasteiger partial charge in [-0.1, -0.05) is 28.1 Å². The van der Waals surface area contributed by atoms with Crippen molar-refractivity contribution in [3.63, 3.8) is 0 Å². The molecule has 0 spiro atoms. The molecule has 1 aromatic carbocycles. The van der Waals surface area contributed by atoms with Crippen LogP contribution in [0.5, 0.6) is 0 Å². The van der Waals surface area contributed by atoms with E-state index in [1.165, 1.54) is 0 Å². The number of carbonyl (C=O) groups is 1. The van der Waals surface area contributed by atoms with Crippen LogP contribution < -0.4 is 5.43 Å². The van der Waals surface area contributed by atoms with Gasteiger partial charge in [0.2, 0.25) is 0 Å². The summed E-state index contributed by atoms with van der Waals surface area (Å²) in [4.78, 5) is 12.9. The zero-order valence-corrected chi connectivity index (χ0v) is 12.1. The van der Waals surface area contributed by atoms with E-state index in [0.717, 1.165) is 15.1 Å². The average molecular weight is 323 g/mol. The molecule has 0 bridgehead atoms. The summed E-state index contributed by atoms with van der Waals surface area (Å²) < 4.78 is 0.870. The molecule has 2 rings (SSSR count). The van der Waals surface area contributed by atoms with Gasteiger partial charge in [-0.05, 0) is 36.6 Å². The number of rotatable bonds is 3. The maximum absolute atomic E-state index is 11.8. The van der Waals surface area contributed by atoms with Crippen LogP contribution >= 0.6 is 27.3 Å². The van der Waals surface area contributed by atoms with Crippen molar-refractivity contribution in [2.24, 2.45) is 5.10 Å². The van der Waals surface area contributed by atoms with Crippen LogP contribution in [-0.2, 0) is 0 Å². The number of halogens is 1. The fourth-order valence-corrected chi connectivity index (χ4v) is 2.44. The maximum atomic E-state index is 11.8. The molecule has 0 aliphatic rings. The highest BCUT2D eigenvalue weighted by Gasteiger charge is 2.05. The Morgan fingerprint density at radius 3 is 2.83 bits per heavy atom. The molecule has 3 nitrogen and oxygen atoms in total. The minimum absolute atomic E-state index is 0.216. The molecule has 0 saturated heterocycles. The molecule has 0 aliphatic heterocycles. The highest BCUT2D eigenvalue weighted by Crippen LogP contribution is 2.12. The Bertz CT molecular complexity index is 578. The first-order valence-corrected chi connectivity index (χ1v) is 6.98. The predicted octanol–water partition coefficient (Wildman–Crippen LogP) is 3.66. The number of hydrogen-bond donors (Lipinski definition) is 1. The van der Waals surface area contributed by atoms with E-state index in [2.05, 4.69) is 26.5 Å². The summed E-state index contributed by atoms with van der Waals surface area (Å²) in [5.41, 5.74) is 3.92. The van der Waals surface area contributed by atoms with Gasteiger partial charge in [0.1, 0.15) is 0 Å². The van der Waals surface area contributed by atoms with Gasteiger partial charge in [0.05, 0.1) is 5.71 Å². The van der Waals surface area contributed by atoms with E-state index in [9.17, 15) is 4.79 Å². The van der Waals surface area contributed by atoms with E-state index >= 15 is 0 Å². The van der Waals surface area contributed by atoms with E-state index in [-0.39, 0.29) is 5.91 Å². The van der Waals surface area contributed by atoms with Crippen molar-refractivity contribution in [3.8, 4) is 0 Å². The fraction of sp³-hybridized carbons (Fsp3) is 0.0769. The van der Waals surface area contributed by atoms with Crippen molar-refractivity contribution >= 4 is 38.9 Å². The second-order valence-corrected chi connectivity index (χ2v) is 5.49. The zero-order valence-electron chi connectivity index (χ0n) is 9.68. The number of amides is 1. The summed E-state index contributed by atoms with van der Waals surface area (Å²) >= 11 is 4.92. The number of nitrogens with zero attached hydrogens (tertiary/aromatic N) is 1. The van der Waals surface area contributed by atoms with Crippen molar-refractivity contribution in [2.75, 3.05) is 0 Å². The Labute approximate surface area is 118 Å². The molecule has 0 saturated carbocycles. The van der Waals surface area contributed by atoms with E-state index in [0.29, 0.717) is 5.56 Å². The van der Waals surface area contributed by atoms with Gasteiger partial charge in [-0.3, -0.25) is 4.79 Å². The Morgan fingerprint density at radius 1 is 1.33 bits per heavy atom. The molecular weight excluding hydrogens is 312 g/mol. The van der Waals surface area contributed by atoms with Crippen molar-refractivity contribution in [1.29, 1.82) is 0 Å². The minimum Gasteiger partial charge on any atom is -0.267 e. The van der Waals surface area contributed by atoms with Crippen LogP contribution in [0.3, 0.4) is 0 Å². The quantitative estimate of drug-likeness (QED) is 0.680. The molecule has 1 aromatic heterocycles. The van der Waals surface area contributed by atoms with Gasteiger partial charge in [0.15, 0.2) is 0 Å². The lowest BCUT2D eigenvalue weighted by Crippen LogP contribution is -2.19. The SMILES string of the molecule is C/C(=N\NC(=O)c1cccc(Br)c1)c1cccs1. The van der Waals surface area contributed by atoms with Crippen molar-refractivity contribution in [2.45, 2.75) is 6.92 Å². The fourth-order valence-electron chi connectivity index (χ4n) is 1.37. The molecule has 0 atom stereocenters. The zero-order chi connectivity index (χ0) is 13.0. The van der Waals surface area contributed by atoms with E-state index in [1.807, 2.05) is 36.6 Å². The molecule has 1 heterocycles. The van der Waals surface area contributed by atoms with Crippen molar-refractivity contribution < 1.29 is 4.79 Å². The summed E-state index contributed by atoms with van der Waals surface area (Å²) in [6.07, 6.45) is 0. The largest absolute Gasteiger partial charge is 0.271 e. The van der Waals surface area contributed by atoms with Crippen LogP contribution in [0.25, 0.3) is 0 Å². The second-order valence-electron chi connectivity index (χ2n) is 3.63. The molecule has 18 heavy (non-hydrogen) atoms. The highest BCUT2D eigenvalue weighted by molar-refractivity contribution is 9.10. The van der Waals surface area contributed by atoms with Gasteiger partial charge >= 0.3 is 0 Å². The number of hydrazone groups is 1. The monoisotopic (exact) mass is 322 g/mol. The number of nitrogens with one attached hydrogen (secondary N) is 1. The van der Waals surface area contributed by atoms with Crippen LogP contribution in [-0.4, -0.2) is 11.6 Å². The average Bonchev–Trinajstić information content (AvgIpc) is 2.89. The molecule has 0 radical (unpaired) electrons. The molecule has 5 heteroatoms. The lowest BCUT2D eigenvalue weighted by Gasteiger charge is -2.01. The van der Waals surface area contributed by atoms with Crippen LogP contribution in [0.4, 0.5) is 0 Å². The summed E-state index contributed by atoms with van der Waals surface area (Å²) in [6, 6.07) is 11.1. The Balaban J connectivity index is 2.07. The van der Waals surface area contributed by atoms with E-state index in [1.54, 1.807) is 23.5 Å². The maximum Gasteiger partial charge on any atom is 0.271 e. The standard InChI is InChI=1S/C13H11BrN2OS/c1-9(12-6-3-7-18-12)15-16-13(17)10-4-2-5-11(14)8-10/h2-8H,1H3,(H,16,17)/b15-9+. The summed E-state index contributed by atoms with van der Waals surface area (Å²) in [7, 11) is 0. The smallest absolute Gasteiger partial charge is 0.267 e. The third-order valence-corrected chi connectivity index (χ3v) is 3.76. The van der Waals surface area contributed by atoms with Crippen LogP contribution in [0.15, 0.2) is 51.4 Å². The first-order chi connectivity index (χ1) is 8.66. The summed E-state index contributed by atoms with van der Waals surface area (Å²) in [6.45, 7) is 1.87. The molecular formula is C13H11BrN2OS. The summed E-state index contributed by atoms with van der Waals surface area (Å²) in [5, 5.41) is 6.06. The first kappa shape index (κ1) is 13.0. The molecule has 0 fully saturated rings. The predicted molar refractivity (Wildman–Crippen MR) is 78.1 cm³/mol. The van der Waals surface area contributed by atoms with Gasteiger partial charge < -0.3 is 0 Å². The van der Waals surface area contributed by atoms with Crippen LogP contribution in [0, 0.1) is 0 Å². The van der Waals surface area contributed by atoms with Gasteiger partial charge in [-0.25, -0.2) is 5.43 Å².